The highest BCUT2D eigenvalue weighted by molar-refractivity contribution is 7.48. The van der Waals surface area contributed by atoms with Gasteiger partial charge in [-0.2, -0.15) is 0 Å². The quantitative estimate of drug-likeness (QED) is 0.349. The van der Waals surface area contributed by atoms with Gasteiger partial charge in [0.25, 0.3) is 0 Å². The first-order valence-electron chi connectivity index (χ1n) is 7.91. The molecule has 0 radical (unpaired) electrons. The summed E-state index contributed by atoms with van der Waals surface area (Å²) in [6, 6.07) is 0. The molecule has 0 bridgehead atoms. The molecule has 122 valence electrons. The summed E-state index contributed by atoms with van der Waals surface area (Å²) in [7, 11) is -3.47. The van der Waals surface area contributed by atoms with E-state index in [1.807, 2.05) is 13.8 Å². The summed E-state index contributed by atoms with van der Waals surface area (Å²) in [5.41, 5.74) is -0.525. The van der Waals surface area contributed by atoms with Gasteiger partial charge in [0.1, 0.15) is 0 Å². The molecule has 0 aromatic heterocycles. The van der Waals surface area contributed by atoms with Crippen molar-refractivity contribution in [3.63, 3.8) is 0 Å². The third kappa shape index (κ3) is 7.78. The maximum absolute atomic E-state index is 12.7. The van der Waals surface area contributed by atoms with Gasteiger partial charge in [-0.15, -0.1) is 0 Å². The van der Waals surface area contributed by atoms with Crippen LogP contribution in [0.15, 0.2) is 0 Å². The summed E-state index contributed by atoms with van der Waals surface area (Å²) >= 11 is 0. The number of phosphoric ester groups is 1. The van der Waals surface area contributed by atoms with E-state index in [1.54, 1.807) is 0 Å². The van der Waals surface area contributed by atoms with Gasteiger partial charge in [-0.05, 0) is 32.6 Å². The highest BCUT2D eigenvalue weighted by Crippen LogP contribution is 2.54. The Kier molecular flexibility index (Phi) is 10.00. The number of hydrogen-bond donors (Lipinski definition) is 0. The summed E-state index contributed by atoms with van der Waals surface area (Å²) in [6.07, 6.45) is 4.65. The van der Waals surface area contributed by atoms with Gasteiger partial charge < -0.3 is 0 Å². The lowest BCUT2D eigenvalue weighted by Gasteiger charge is -2.34. The highest BCUT2D eigenvalue weighted by Gasteiger charge is 2.37. The van der Waals surface area contributed by atoms with E-state index in [0.717, 1.165) is 32.1 Å². The second-order valence-corrected chi connectivity index (χ2v) is 7.42. The van der Waals surface area contributed by atoms with Crippen molar-refractivity contribution in [2.75, 3.05) is 13.2 Å². The van der Waals surface area contributed by atoms with Crippen LogP contribution in [-0.2, 0) is 18.1 Å². The molecule has 0 aromatic rings. The van der Waals surface area contributed by atoms with E-state index in [1.165, 1.54) is 0 Å². The maximum Gasteiger partial charge on any atom is 0.475 e. The first kappa shape index (κ1) is 20.1. The van der Waals surface area contributed by atoms with Crippen molar-refractivity contribution in [1.29, 1.82) is 0 Å². The average molecular weight is 308 g/mol. The molecule has 0 aliphatic heterocycles. The molecule has 5 heteroatoms. The summed E-state index contributed by atoms with van der Waals surface area (Å²) in [4.78, 5) is 0. The number of hydrogen-bond acceptors (Lipinski definition) is 4. The smallest absolute Gasteiger partial charge is 0.287 e. The standard InChI is InChI=1S/C15H33O4P/c1-7-10-12-17-20(16,18-13-11-8-2)19-15(5,6)14(4)9-3/h14H,7-13H2,1-6H3. The third-order valence-corrected chi connectivity index (χ3v) is 5.33. The van der Waals surface area contributed by atoms with Crippen LogP contribution in [0.4, 0.5) is 0 Å². The molecule has 4 nitrogen and oxygen atoms in total. The van der Waals surface area contributed by atoms with Crippen LogP contribution in [0.1, 0.15) is 73.6 Å². The molecule has 0 amide bonds. The molecule has 1 unspecified atom stereocenters. The molecule has 0 spiro atoms. The summed E-state index contributed by atoms with van der Waals surface area (Å²) in [5, 5.41) is 0. The van der Waals surface area contributed by atoms with E-state index in [-0.39, 0.29) is 5.92 Å². The van der Waals surface area contributed by atoms with Crippen LogP contribution >= 0.6 is 7.82 Å². The molecule has 0 saturated carbocycles. The van der Waals surface area contributed by atoms with E-state index in [2.05, 4.69) is 27.7 Å². The van der Waals surface area contributed by atoms with Crippen molar-refractivity contribution < 1.29 is 18.1 Å². The predicted molar refractivity (Wildman–Crippen MR) is 83.9 cm³/mol. The monoisotopic (exact) mass is 308 g/mol. The van der Waals surface area contributed by atoms with E-state index in [0.29, 0.717) is 13.2 Å². The Labute approximate surface area is 125 Å². The molecule has 0 N–H and O–H groups in total. The second-order valence-electron chi connectivity index (χ2n) is 5.82. The topological polar surface area (TPSA) is 44.8 Å². The van der Waals surface area contributed by atoms with Gasteiger partial charge in [-0.1, -0.05) is 47.0 Å². The fourth-order valence-electron chi connectivity index (χ4n) is 1.60. The van der Waals surface area contributed by atoms with Crippen LogP contribution in [0, 0.1) is 5.92 Å². The molecule has 0 heterocycles. The molecule has 0 fully saturated rings. The summed E-state index contributed by atoms with van der Waals surface area (Å²) < 4.78 is 29.4. The van der Waals surface area contributed by atoms with Crippen LogP contribution < -0.4 is 0 Å². The Bertz CT molecular complexity index is 278. The normalized spacial score (nSPS) is 14.5. The van der Waals surface area contributed by atoms with Gasteiger partial charge in [0, 0.05) is 0 Å². The lowest BCUT2D eigenvalue weighted by molar-refractivity contribution is -0.00308. The lowest BCUT2D eigenvalue weighted by atomic mass is 9.91. The van der Waals surface area contributed by atoms with Crippen molar-refractivity contribution in [2.24, 2.45) is 5.92 Å². The maximum atomic E-state index is 12.7. The number of unbranched alkanes of at least 4 members (excludes halogenated alkanes) is 2. The van der Waals surface area contributed by atoms with E-state index in [4.69, 9.17) is 13.6 Å². The van der Waals surface area contributed by atoms with Crippen molar-refractivity contribution in [3.8, 4) is 0 Å². The summed E-state index contributed by atoms with van der Waals surface area (Å²) in [5.74, 6) is 0.278. The van der Waals surface area contributed by atoms with Crippen molar-refractivity contribution in [1.82, 2.24) is 0 Å². The first-order valence-corrected chi connectivity index (χ1v) is 9.37. The zero-order valence-electron chi connectivity index (χ0n) is 14.1. The van der Waals surface area contributed by atoms with Crippen LogP contribution in [0.25, 0.3) is 0 Å². The number of rotatable bonds is 12. The van der Waals surface area contributed by atoms with Gasteiger partial charge in [-0.25, -0.2) is 4.57 Å². The Balaban J connectivity index is 4.69. The fraction of sp³-hybridized carbons (Fsp3) is 1.00. The van der Waals surface area contributed by atoms with Crippen molar-refractivity contribution >= 4 is 7.82 Å². The minimum absolute atomic E-state index is 0.278. The Morgan fingerprint density at radius 2 is 1.45 bits per heavy atom. The van der Waals surface area contributed by atoms with Gasteiger partial charge in [-0.3, -0.25) is 13.6 Å². The van der Waals surface area contributed by atoms with Crippen LogP contribution in [0.2, 0.25) is 0 Å². The molecular weight excluding hydrogens is 275 g/mol. The molecular formula is C15H33O4P. The Morgan fingerprint density at radius 3 is 1.80 bits per heavy atom. The van der Waals surface area contributed by atoms with Crippen molar-refractivity contribution in [2.45, 2.75) is 79.2 Å². The highest BCUT2D eigenvalue weighted by atomic mass is 31.2. The Hall–Kier alpha value is 0.110. The SMILES string of the molecule is CCCCOP(=O)(OCCCC)OC(C)(C)C(C)CC. The van der Waals surface area contributed by atoms with Gasteiger partial charge in [0.2, 0.25) is 0 Å². The minimum Gasteiger partial charge on any atom is -0.287 e. The van der Waals surface area contributed by atoms with Gasteiger partial charge in [0.05, 0.1) is 18.8 Å². The zero-order valence-corrected chi connectivity index (χ0v) is 15.0. The van der Waals surface area contributed by atoms with E-state index in [9.17, 15) is 4.57 Å². The molecule has 0 aliphatic rings. The van der Waals surface area contributed by atoms with Gasteiger partial charge in [0.15, 0.2) is 0 Å². The molecule has 0 aromatic carbocycles. The molecule has 0 saturated heterocycles. The molecule has 1 atom stereocenters. The fourth-order valence-corrected chi connectivity index (χ4v) is 3.24. The number of phosphoric acid groups is 1. The molecule has 0 aliphatic carbocycles. The predicted octanol–water partition coefficient (Wildman–Crippen LogP) is 5.57. The molecule has 0 rings (SSSR count). The van der Waals surface area contributed by atoms with Crippen LogP contribution in [0.5, 0.6) is 0 Å². The van der Waals surface area contributed by atoms with E-state index >= 15 is 0 Å². The summed E-state index contributed by atoms with van der Waals surface area (Å²) in [6.45, 7) is 13.0. The van der Waals surface area contributed by atoms with E-state index < -0.39 is 13.4 Å². The average Bonchev–Trinajstić information content (AvgIpc) is 2.37. The lowest BCUT2D eigenvalue weighted by Crippen LogP contribution is -2.32. The largest absolute Gasteiger partial charge is 0.475 e. The second kappa shape index (κ2) is 9.94. The zero-order chi connectivity index (χ0) is 15.6. The minimum atomic E-state index is -3.47. The van der Waals surface area contributed by atoms with Crippen molar-refractivity contribution in [3.05, 3.63) is 0 Å². The third-order valence-electron chi connectivity index (χ3n) is 3.64. The Morgan fingerprint density at radius 1 is 1.00 bits per heavy atom. The van der Waals surface area contributed by atoms with Gasteiger partial charge >= 0.3 is 7.82 Å². The molecule has 20 heavy (non-hydrogen) atoms. The first-order chi connectivity index (χ1) is 9.31. The van der Waals surface area contributed by atoms with Crippen LogP contribution in [-0.4, -0.2) is 18.8 Å². The van der Waals surface area contributed by atoms with Crippen LogP contribution in [0.3, 0.4) is 0 Å².